The van der Waals surface area contributed by atoms with Gasteiger partial charge in [-0.2, -0.15) is 0 Å². The third-order valence-electron chi connectivity index (χ3n) is 2.67. The lowest BCUT2D eigenvalue weighted by atomic mass is 10.1. The largest absolute Gasteiger partial charge is 0.491 e. The number of ether oxygens (including phenoxy) is 1. The number of Topliss-reactive ketones (excluding diaryl/α,β-unsaturated/α-hetero) is 1. The second-order valence-electron chi connectivity index (χ2n) is 4.08. The first-order valence-corrected chi connectivity index (χ1v) is 6.69. The fraction of sp³-hybridized carbons (Fsp3) is 0.133. The number of carbonyl (C=O) groups excluding carboxylic acids is 1. The predicted molar refractivity (Wildman–Crippen MR) is 77.3 cm³/mol. The normalized spacial score (nSPS) is 10.3. The minimum Gasteiger partial charge on any atom is -0.491 e. The number of ketones is 1. The molecule has 0 bridgehead atoms. The quantitative estimate of drug-likeness (QED) is 0.742. The van der Waals surface area contributed by atoms with Gasteiger partial charge in [-0.3, -0.25) is 4.79 Å². The van der Waals surface area contributed by atoms with Gasteiger partial charge in [-0.1, -0.05) is 29.3 Å². The molecule has 0 saturated carbocycles. The summed E-state index contributed by atoms with van der Waals surface area (Å²) in [5.74, 6) is -0.0577. The van der Waals surface area contributed by atoms with Gasteiger partial charge in [-0.05, 0) is 36.4 Å². The molecule has 0 aliphatic carbocycles. The van der Waals surface area contributed by atoms with Gasteiger partial charge in [0.15, 0.2) is 5.78 Å². The molecule has 0 fully saturated rings. The van der Waals surface area contributed by atoms with Crippen molar-refractivity contribution in [3.63, 3.8) is 0 Å². The van der Waals surface area contributed by atoms with Crippen LogP contribution in [0.25, 0.3) is 0 Å². The van der Waals surface area contributed by atoms with Gasteiger partial charge in [0.05, 0.1) is 11.6 Å². The monoisotopic (exact) mass is 312 g/mol. The third-order valence-corrected chi connectivity index (χ3v) is 3.47. The molecule has 2 aromatic rings. The molecule has 0 aliphatic heterocycles. The summed E-state index contributed by atoms with van der Waals surface area (Å²) in [7, 11) is 0. The van der Waals surface area contributed by atoms with Gasteiger partial charge in [0, 0.05) is 12.0 Å². The summed E-state index contributed by atoms with van der Waals surface area (Å²) in [6.45, 7) is 0.177. The molecule has 0 unspecified atom stereocenters. The molecule has 0 saturated heterocycles. The van der Waals surface area contributed by atoms with Crippen molar-refractivity contribution in [3.8, 4) is 5.75 Å². The standard InChI is InChI=1S/C15H11Cl2FO2/c16-12-2-1-3-14(15(12)17)20-9-8-13(19)10-4-6-11(18)7-5-10/h1-7H,8-9H2. The van der Waals surface area contributed by atoms with E-state index in [1.807, 2.05) is 0 Å². The van der Waals surface area contributed by atoms with Crippen LogP contribution in [0.1, 0.15) is 16.8 Å². The molecule has 2 rings (SSSR count). The van der Waals surface area contributed by atoms with Crippen molar-refractivity contribution < 1.29 is 13.9 Å². The lowest BCUT2D eigenvalue weighted by Crippen LogP contribution is -2.07. The van der Waals surface area contributed by atoms with Crippen LogP contribution in [0.15, 0.2) is 42.5 Å². The highest BCUT2D eigenvalue weighted by atomic mass is 35.5. The van der Waals surface area contributed by atoms with Gasteiger partial charge in [0.1, 0.15) is 16.6 Å². The van der Waals surface area contributed by atoms with Crippen LogP contribution in [0.3, 0.4) is 0 Å². The number of benzene rings is 2. The van der Waals surface area contributed by atoms with Crippen molar-refractivity contribution in [1.82, 2.24) is 0 Å². The van der Waals surface area contributed by atoms with E-state index in [0.29, 0.717) is 21.4 Å². The number of rotatable bonds is 5. The molecule has 0 spiro atoms. The highest BCUT2D eigenvalue weighted by molar-refractivity contribution is 6.42. The number of hydrogen-bond acceptors (Lipinski definition) is 2. The van der Waals surface area contributed by atoms with Crippen molar-refractivity contribution in [2.45, 2.75) is 6.42 Å². The van der Waals surface area contributed by atoms with Gasteiger partial charge >= 0.3 is 0 Å². The molecule has 104 valence electrons. The van der Waals surface area contributed by atoms with Crippen molar-refractivity contribution in [2.24, 2.45) is 0 Å². The summed E-state index contributed by atoms with van der Waals surface area (Å²) in [5.41, 5.74) is 0.451. The van der Waals surface area contributed by atoms with Gasteiger partial charge in [0.2, 0.25) is 0 Å². The van der Waals surface area contributed by atoms with Crippen LogP contribution in [0, 0.1) is 5.82 Å². The van der Waals surface area contributed by atoms with E-state index in [0.717, 1.165) is 0 Å². The molecular formula is C15H11Cl2FO2. The van der Waals surface area contributed by atoms with Crippen molar-refractivity contribution in [1.29, 1.82) is 0 Å². The van der Waals surface area contributed by atoms with Crippen LogP contribution in [0.2, 0.25) is 10.0 Å². The van der Waals surface area contributed by atoms with E-state index in [1.54, 1.807) is 18.2 Å². The first-order chi connectivity index (χ1) is 9.58. The molecule has 2 aromatic carbocycles. The zero-order chi connectivity index (χ0) is 14.5. The Bertz CT molecular complexity index is 612. The number of hydrogen-bond donors (Lipinski definition) is 0. The summed E-state index contributed by atoms with van der Waals surface area (Å²) in [6.07, 6.45) is 0.175. The van der Waals surface area contributed by atoms with Gasteiger partial charge in [0.25, 0.3) is 0 Å². The summed E-state index contributed by atoms with van der Waals surface area (Å²) in [5, 5.41) is 0.720. The summed E-state index contributed by atoms with van der Waals surface area (Å²) in [4.78, 5) is 11.8. The topological polar surface area (TPSA) is 26.3 Å². The van der Waals surface area contributed by atoms with E-state index in [9.17, 15) is 9.18 Å². The molecule has 0 amide bonds. The highest BCUT2D eigenvalue weighted by Crippen LogP contribution is 2.31. The molecular weight excluding hydrogens is 302 g/mol. The Hall–Kier alpha value is -1.58. The summed E-state index contributed by atoms with van der Waals surface area (Å²) < 4.78 is 18.2. The van der Waals surface area contributed by atoms with Gasteiger partial charge < -0.3 is 4.74 Å². The minimum absolute atomic E-state index is 0.122. The van der Waals surface area contributed by atoms with E-state index >= 15 is 0 Å². The van der Waals surface area contributed by atoms with Gasteiger partial charge in [-0.15, -0.1) is 0 Å². The first-order valence-electron chi connectivity index (χ1n) is 5.93. The predicted octanol–water partition coefficient (Wildman–Crippen LogP) is 4.78. The highest BCUT2D eigenvalue weighted by Gasteiger charge is 2.08. The average molecular weight is 313 g/mol. The average Bonchev–Trinajstić information content (AvgIpc) is 2.44. The van der Waals surface area contributed by atoms with Crippen LogP contribution in [0.5, 0.6) is 5.75 Å². The van der Waals surface area contributed by atoms with Crippen LogP contribution in [0.4, 0.5) is 4.39 Å². The summed E-state index contributed by atoms with van der Waals surface area (Å²) in [6, 6.07) is 10.4. The fourth-order valence-electron chi connectivity index (χ4n) is 1.63. The van der Waals surface area contributed by atoms with Crippen LogP contribution in [-0.4, -0.2) is 12.4 Å². The smallest absolute Gasteiger partial charge is 0.166 e. The molecule has 5 heteroatoms. The minimum atomic E-state index is -0.372. The van der Waals surface area contributed by atoms with Crippen molar-refractivity contribution in [3.05, 3.63) is 63.9 Å². The Morgan fingerprint density at radius 3 is 2.50 bits per heavy atom. The Morgan fingerprint density at radius 1 is 1.10 bits per heavy atom. The molecule has 0 aromatic heterocycles. The first kappa shape index (κ1) is 14.8. The van der Waals surface area contributed by atoms with Crippen molar-refractivity contribution in [2.75, 3.05) is 6.61 Å². The second kappa shape index (κ2) is 6.73. The van der Waals surface area contributed by atoms with E-state index in [2.05, 4.69) is 0 Å². The zero-order valence-corrected chi connectivity index (χ0v) is 11.9. The summed E-state index contributed by atoms with van der Waals surface area (Å²) >= 11 is 11.8. The van der Waals surface area contributed by atoms with Crippen molar-refractivity contribution >= 4 is 29.0 Å². The SMILES string of the molecule is O=C(CCOc1cccc(Cl)c1Cl)c1ccc(F)cc1. The molecule has 0 radical (unpaired) electrons. The van der Waals surface area contributed by atoms with E-state index in [-0.39, 0.29) is 24.6 Å². The number of halogens is 3. The lowest BCUT2D eigenvalue weighted by molar-refractivity contribution is 0.0962. The Balaban J connectivity index is 1.91. The fourth-order valence-corrected chi connectivity index (χ4v) is 1.98. The van der Waals surface area contributed by atoms with Crippen LogP contribution in [-0.2, 0) is 0 Å². The molecule has 20 heavy (non-hydrogen) atoms. The van der Waals surface area contributed by atoms with Crippen LogP contribution < -0.4 is 4.74 Å². The lowest BCUT2D eigenvalue weighted by Gasteiger charge is -2.08. The molecule has 0 atom stereocenters. The Labute approximate surface area is 126 Å². The van der Waals surface area contributed by atoms with E-state index < -0.39 is 0 Å². The van der Waals surface area contributed by atoms with Crippen LogP contribution >= 0.6 is 23.2 Å². The second-order valence-corrected chi connectivity index (χ2v) is 4.87. The molecule has 0 aliphatic rings. The Morgan fingerprint density at radius 2 is 1.80 bits per heavy atom. The molecule has 0 N–H and O–H groups in total. The Kier molecular flexibility index (Phi) is 4.99. The van der Waals surface area contributed by atoms with E-state index in [1.165, 1.54) is 24.3 Å². The maximum Gasteiger partial charge on any atom is 0.166 e. The van der Waals surface area contributed by atoms with Gasteiger partial charge in [-0.25, -0.2) is 4.39 Å². The third kappa shape index (κ3) is 3.71. The molecule has 2 nitrogen and oxygen atoms in total. The molecule has 0 heterocycles. The zero-order valence-electron chi connectivity index (χ0n) is 10.4. The van der Waals surface area contributed by atoms with E-state index in [4.69, 9.17) is 27.9 Å². The maximum atomic E-state index is 12.7. The number of carbonyl (C=O) groups is 1. The maximum absolute atomic E-state index is 12.7.